The maximum atomic E-state index is 14.4. The van der Waals surface area contributed by atoms with Crippen LogP contribution in [0.1, 0.15) is 24.0 Å². The Hall–Kier alpha value is -3.86. The third-order valence-electron chi connectivity index (χ3n) is 7.89. The van der Waals surface area contributed by atoms with E-state index in [4.69, 9.17) is 4.74 Å². The normalized spacial score (nSPS) is 28.9. The van der Waals surface area contributed by atoms with E-state index in [1.807, 2.05) is 4.90 Å². The molecule has 4 heterocycles. The molecule has 0 radical (unpaired) electrons. The van der Waals surface area contributed by atoms with E-state index in [9.17, 15) is 28.9 Å². The van der Waals surface area contributed by atoms with Crippen LogP contribution >= 0.6 is 0 Å². The van der Waals surface area contributed by atoms with Gasteiger partial charge in [-0.05, 0) is 50.1 Å². The summed E-state index contributed by atoms with van der Waals surface area (Å²) in [5.41, 5.74) is -0.472. The van der Waals surface area contributed by atoms with Gasteiger partial charge in [0.25, 0.3) is 0 Å². The smallest absolute Gasteiger partial charge is 0.311 e. The van der Waals surface area contributed by atoms with Gasteiger partial charge in [-0.1, -0.05) is 0 Å². The van der Waals surface area contributed by atoms with Gasteiger partial charge >= 0.3 is 5.69 Å². The standard InChI is InChI=1S/C24H21FN4O6/c1-11-8-17(29(33)34)18(35-2)10-16(11)28-21(30)19-15-4-3-7-27(15)24(20(19)22(28)31)13-9-12(25)5-6-14(13)26-23(24)32/h5-6,8-10,15,19-20H,3-4,7H2,1-2H3,(H,26,32)/t15-,19+,20-,24+/m0/s1. The number of carbonyl (C=O) groups excluding carboxylic acids is 3. The number of benzene rings is 2. The molecule has 0 aromatic heterocycles. The topological polar surface area (TPSA) is 122 Å². The first-order chi connectivity index (χ1) is 16.7. The van der Waals surface area contributed by atoms with Crippen molar-refractivity contribution in [3.8, 4) is 5.75 Å². The molecule has 4 atom stereocenters. The molecule has 6 rings (SSSR count). The van der Waals surface area contributed by atoms with Gasteiger partial charge in [0.15, 0.2) is 5.75 Å². The Morgan fingerprint density at radius 1 is 1.20 bits per heavy atom. The summed E-state index contributed by atoms with van der Waals surface area (Å²) in [6, 6.07) is 6.19. The van der Waals surface area contributed by atoms with Crippen LogP contribution in [0.4, 0.5) is 21.5 Å². The van der Waals surface area contributed by atoms with E-state index < -0.39 is 45.8 Å². The van der Waals surface area contributed by atoms with Crippen molar-refractivity contribution in [1.82, 2.24) is 4.90 Å². The van der Waals surface area contributed by atoms with Gasteiger partial charge in [0, 0.05) is 29.4 Å². The number of ether oxygens (including phenoxy) is 1. The predicted octanol–water partition coefficient (Wildman–Crippen LogP) is 2.48. The number of aryl methyl sites for hydroxylation is 1. The van der Waals surface area contributed by atoms with Gasteiger partial charge < -0.3 is 10.1 Å². The van der Waals surface area contributed by atoms with E-state index in [0.29, 0.717) is 29.8 Å². The average molecular weight is 480 g/mol. The Morgan fingerprint density at radius 3 is 2.69 bits per heavy atom. The third-order valence-corrected chi connectivity index (χ3v) is 7.89. The third kappa shape index (κ3) is 2.53. The van der Waals surface area contributed by atoms with E-state index >= 15 is 0 Å². The van der Waals surface area contributed by atoms with Gasteiger partial charge in [0.05, 0.1) is 29.6 Å². The van der Waals surface area contributed by atoms with Crippen molar-refractivity contribution < 1.29 is 28.4 Å². The summed E-state index contributed by atoms with van der Waals surface area (Å²) in [6.07, 6.45) is 1.36. The second-order valence-electron chi connectivity index (χ2n) is 9.40. The first kappa shape index (κ1) is 21.7. The van der Waals surface area contributed by atoms with Crippen LogP contribution in [0.2, 0.25) is 0 Å². The molecule has 11 heteroatoms. The number of rotatable bonds is 3. The maximum Gasteiger partial charge on any atom is 0.311 e. The predicted molar refractivity (Wildman–Crippen MR) is 120 cm³/mol. The van der Waals surface area contributed by atoms with Gasteiger partial charge in [0.1, 0.15) is 11.4 Å². The second-order valence-corrected chi connectivity index (χ2v) is 9.40. The highest BCUT2D eigenvalue weighted by atomic mass is 19.1. The average Bonchev–Trinajstić information content (AvgIpc) is 3.52. The molecule has 0 saturated carbocycles. The minimum Gasteiger partial charge on any atom is -0.490 e. The molecule has 10 nitrogen and oxygen atoms in total. The fraction of sp³-hybridized carbons (Fsp3) is 0.375. The Kier molecular flexibility index (Phi) is 4.38. The molecule has 0 aliphatic carbocycles. The van der Waals surface area contributed by atoms with Crippen LogP contribution in [0.3, 0.4) is 0 Å². The Balaban J connectivity index is 1.54. The number of amides is 3. The maximum absolute atomic E-state index is 14.4. The summed E-state index contributed by atoms with van der Waals surface area (Å²) in [4.78, 5) is 55.2. The Labute approximate surface area is 198 Å². The number of methoxy groups -OCH3 is 1. The molecular formula is C24H21FN4O6. The molecule has 3 fully saturated rings. The SMILES string of the molecule is COc1cc(N2C(=O)[C@H]3[C@@H](C2=O)[C@]2(C(=O)Nc4ccc(F)cc42)N2CCC[C@@H]32)c(C)cc1[N+](=O)[O-]. The van der Waals surface area contributed by atoms with Crippen molar-refractivity contribution >= 4 is 34.8 Å². The van der Waals surface area contributed by atoms with Crippen molar-refractivity contribution in [2.24, 2.45) is 11.8 Å². The van der Waals surface area contributed by atoms with Crippen LogP contribution in [-0.4, -0.2) is 47.2 Å². The van der Waals surface area contributed by atoms with Crippen molar-refractivity contribution in [1.29, 1.82) is 0 Å². The number of nitrogens with zero attached hydrogens (tertiary/aromatic N) is 3. The molecule has 2 aromatic rings. The molecule has 0 bridgehead atoms. The summed E-state index contributed by atoms with van der Waals surface area (Å²) in [5.74, 6) is -3.97. The quantitative estimate of drug-likeness (QED) is 0.407. The van der Waals surface area contributed by atoms with Gasteiger partial charge in [-0.25, -0.2) is 9.29 Å². The number of nitro groups is 1. The largest absolute Gasteiger partial charge is 0.490 e. The molecule has 4 aliphatic heterocycles. The van der Waals surface area contributed by atoms with Gasteiger partial charge in [-0.15, -0.1) is 0 Å². The van der Waals surface area contributed by atoms with Crippen molar-refractivity contribution in [2.45, 2.75) is 31.3 Å². The zero-order chi connectivity index (χ0) is 24.8. The summed E-state index contributed by atoms with van der Waals surface area (Å²) in [6.45, 7) is 2.08. The molecule has 4 aliphatic rings. The summed E-state index contributed by atoms with van der Waals surface area (Å²) >= 11 is 0. The highest BCUT2D eigenvalue weighted by Gasteiger charge is 2.74. The number of nitro benzene ring substituents is 1. The lowest BCUT2D eigenvalue weighted by molar-refractivity contribution is -0.385. The van der Waals surface area contributed by atoms with Crippen LogP contribution in [0.5, 0.6) is 5.75 Å². The van der Waals surface area contributed by atoms with E-state index in [0.717, 1.165) is 11.3 Å². The Morgan fingerprint density at radius 2 is 1.97 bits per heavy atom. The number of imide groups is 1. The highest BCUT2D eigenvalue weighted by Crippen LogP contribution is 2.61. The number of nitrogens with one attached hydrogen (secondary N) is 1. The molecule has 3 saturated heterocycles. The van der Waals surface area contributed by atoms with Gasteiger partial charge in [-0.3, -0.25) is 29.4 Å². The van der Waals surface area contributed by atoms with Crippen LogP contribution in [0.25, 0.3) is 0 Å². The minimum absolute atomic E-state index is 0.0866. The van der Waals surface area contributed by atoms with Gasteiger partial charge in [0.2, 0.25) is 17.7 Å². The van der Waals surface area contributed by atoms with Crippen molar-refractivity contribution in [3.05, 3.63) is 57.4 Å². The summed E-state index contributed by atoms with van der Waals surface area (Å²) in [7, 11) is 1.27. The lowest BCUT2D eigenvalue weighted by Gasteiger charge is -2.36. The van der Waals surface area contributed by atoms with E-state index in [2.05, 4.69) is 5.32 Å². The zero-order valence-corrected chi connectivity index (χ0v) is 18.9. The van der Waals surface area contributed by atoms with Crippen LogP contribution in [-0.2, 0) is 19.9 Å². The van der Waals surface area contributed by atoms with Crippen molar-refractivity contribution in [2.75, 3.05) is 23.9 Å². The lowest BCUT2D eigenvalue weighted by atomic mass is 9.75. The van der Waals surface area contributed by atoms with E-state index in [1.165, 1.54) is 37.4 Å². The van der Waals surface area contributed by atoms with Gasteiger partial charge in [-0.2, -0.15) is 0 Å². The molecule has 1 spiro atoms. The zero-order valence-electron chi connectivity index (χ0n) is 18.9. The van der Waals surface area contributed by atoms with E-state index in [1.54, 1.807) is 6.92 Å². The molecule has 2 aromatic carbocycles. The number of halogens is 1. The van der Waals surface area contributed by atoms with Crippen LogP contribution in [0, 0.1) is 34.7 Å². The minimum atomic E-state index is -1.50. The number of anilines is 2. The first-order valence-electron chi connectivity index (χ1n) is 11.3. The second kappa shape index (κ2) is 7.08. The fourth-order valence-corrected chi connectivity index (χ4v) is 6.62. The molecule has 180 valence electrons. The monoisotopic (exact) mass is 480 g/mol. The number of hydrogen-bond acceptors (Lipinski definition) is 7. The number of fused-ring (bicyclic) bond motifs is 7. The lowest BCUT2D eigenvalue weighted by Crippen LogP contribution is -2.54. The number of carbonyl (C=O) groups is 3. The molecule has 3 amide bonds. The van der Waals surface area contributed by atoms with Crippen LogP contribution < -0.4 is 15.0 Å². The highest BCUT2D eigenvalue weighted by molar-refractivity contribution is 6.26. The summed E-state index contributed by atoms with van der Waals surface area (Å²) in [5, 5.41) is 14.2. The fourth-order valence-electron chi connectivity index (χ4n) is 6.62. The summed E-state index contributed by atoms with van der Waals surface area (Å²) < 4.78 is 19.5. The molecular weight excluding hydrogens is 459 g/mol. The Bertz CT molecular complexity index is 1360. The van der Waals surface area contributed by atoms with Crippen LogP contribution in [0.15, 0.2) is 30.3 Å². The first-order valence-corrected chi connectivity index (χ1v) is 11.3. The molecule has 0 unspecified atom stereocenters. The van der Waals surface area contributed by atoms with E-state index in [-0.39, 0.29) is 23.2 Å². The number of hydrogen-bond donors (Lipinski definition) is 1. The van der Waals surface area contributed by atoms with Crippen molar-refractivity contribution in [3.63, 3.8) is 0 Å². The molecule has 1 N–H and O–H groups in total. The molecule has 35 heavy (non-hydrogen) atoms.